The molecule has 1 unspecified atom stereocenters. The minimum atomic E-state index is -3.68. The van der Waals surface area contributed by atoms with Crippen molar-refractivity contribution in [3.05, 3.63) is 12.3 Å². The molecule has 76 valence electrons. The van der Waals surface area contributed by atoms with E-state index >= 15 is 0 Å². The Hall–Kier alpha value is -1.55. The number of nitrogens with zero attached hydrogens (tertiary/aromatic N) is 2. The second-order valence-corrected chi connectivity index (χ2v) is 4.42. The van der Waals surface area contributed by atoms with Crippen LogP contribution in [-0.4, -0.2) is 18.8 Å². The first kappa shape index (κ1) is 10.5. The summed E-state index contributed by atoms with van der Waals surface area (Å²) in [5.74, 6) is 0.0821. The van der Waals surface area contributed by atoms with Gasteiger partial charge < -0.3 is 4.52 Å². The van der Waals surface area contributed by atoms with Crippen LogP contribution in [0, 0.1) is 11.3 Å². The molecule has 0 spiro atoms. The quantitative estimate of drug-likeness (QED) is 0.798. The highest BCUT2D eigenvalue weighted by Crippen LogP contribution is 2.10. The normalized spacial score (nSPS) is 13.1. The number of nitriles is 1. The van der Waals surface area contributed by atoms with Crippen LogP contribution in [0.25, 0.3) is 0 Å². The first-order valence-electron chi connectivity index (χ1n) is 3.91. The minimum absolute atomic E-state index is 0.0821. The van der Waals surface area contributed by atoms with Crippen molar-refractivity contribution in [1.29, 1.82) is 5.26 Å². The molecule has 0 aliphatic rings. The highest BCUT2D eigenvalue weighted by Gasteiger charge is 2.23. The summed E-state index contributed by atoms with van der Waals surface area (Å²) in [6.07, 6.45) is 1.47. The van der Waals surface area contributed by atoms with Crippen molar-refractivity contribution in [3.63, 3.8) is 0 Å². The van der Waals surface area contributed by atoms with Crippen molar-refractivity contribution >= 4 is 15.8 Å². The predicted molar refractivity (Wildman–Crippen MR) is 48.7 cm³/mol. The number of hydrogen-bond donors (Lipinski definition) is 1. The van der Waals surface area contributed by atoms with Crippen LogP contribution >= 0.6 is 0 Å². The summed E-state index contributed by atoms with van der Waals surface area (Å²) in [6, 6.07) is 3.06. The molecule has 0 fully saturated rings. The molecule has 0 saturated heterocycles. The molecule has 0 radical (unpaired) electrons. The lowest BCUT2D eigenvalue weighted by Crippen LogP contribution is -2.26. The Bertz CT molecular complexity index is 418. The first-order valence-corrected chi connectivity index (χ1v) is 5.46. The average molecular weight is 215 g/mol. The molecule has 1 rings (SSSR count). The van der Waals surface area contributed by atoms with Gasteiger partial charge in [-0.05, 0) is 6.42 Å². The topological polar surface area (TPSA) is 96.0 Å². The molecule has 1 aromatic heterocycles. The van der Waals surface area contributed by atoms with Crippen molar-refractivity contribution in [1.82, 2.24) is 5.16 Å². The fourth-order valence-corrected chi connectivity index (χ4v) is 1.98. The summed E-state index contributed by atoms with van der Waals surface area (Å²) >= 11 is 0. The molecule has 7 heteroatoms. The van der Waals surface area contributed by atoms with E-state index < -0.39 is 15.3 Å². The van der Waals surface area contributed by atoms with Crippen LogP contribution in [0.4, 0.5) is 5.82 Å². The molecule has 1 aromatic rings. The van der Waals surface area contributed by atoms with Crippen LogP contribution in [0.2, 0.25) is 0 Å². The van der Waals surface area contributed by atoms with E-state index in [1.807, 2.05) is 0 Å². The van der Waals surface area contributed by atoms with E-state index in [9.17, 15) is 8.42 Å². The Balaban J connectivity index is 2.83. The monoisotopic (exact) mass is 215 g/mol. The van der Waals surface area contributed by atoms with Gasteiger partial charge in [0.25, 0.3) is 0 Å². The third-order valence-corrected chi connectivity index (χ3v) is 3.26. The van der Waals surface area contributed by atoms with Crippen molar-refractivity contribution < 1.29 is 12.9 Å². The Labute approximate surface area is 81.6 Å². The van der Waals surface area contributed by atoms with Crippen LogP contribution in [0.15, 0.2) is 16.9 Å². The lowest BCUT2D eigenvalue weighted by molar-refractivity contribution is 0.423. The van der Waals surface area contributed by atoms with Crippen LogP contribution in [0.1, 0.15) is 13.3 Å². The summed E-state index contributed by atoms with van der Waals surface area (Å²) in [5, 5.41) is 10.9. The van der Waals surface area contributed by atoms with Crippen molar-refractivity contribution in [2.24, 2.45) is 0 Å². The zero-order chi connectivity index (χ0) is 10.6. The molecule has 0 bridgehead atoms. The first-order chi connectivity index (χ1) is 6.60. The maximum absolute atomic E-state index is 11.4. The third kappa shape index (κ3) is 2.23. The predicted octanol–water partition coefficient (Wildman–Crippen LogP) is 0.718. The molecule has 1 atom stereocenters. The Morgan fingerprint density at radius 3 is 2.93 bits per heavy atom. The van der Waals surface area contributed by atoms with E-state index in [4.69, 9.17) is 5.26 Å². The van der Waals surface area contributed by atoms with Gasteiger partial charge >= 0.3 is 0 Å². The van der Waals surface area contributed by atoms with Gasteiger partial charge in [0.05, 0.1) is 6.07 Å². The number of aromatic nitrogens is 1. The maximum Gasteiger partial charge on any atom is 0.250 e. The van der Waals surface area contributed by atoms with Crippen LogP contribution in [0.3, 0.4) is 0 Å². The SMILES string of the molecule is CCC(C#N)S(=O)(=O)Nc1ccon1. The van der Waals surface area contributed by atoms with Gasteiger partial charge in [0, 0.05) is 6.07 Å². The number of hydrogen-bond acceptors (Lipinski definition) is 5. The Morgan fingerprint density at radius 2 is 2.50 bits per heavy atom. The fraction of sp³-hybridized carbons (Fsp3) is 0.429. The van der Waals surface area contributed by atoms with E-state index in [-0.39, 0.29) is 12.2 Å². The van der Waals surface area contributed by atoms with E-state index in [0.717, 1.165) is 0 Å². The van der Waals surface area contributed by atoms with Crippen LogP contribution in [-0.2, 0) is 10.0 Å². The van der Waals surface area contributed by atoms with Gasteiger partial charge in [0.2, 0.25) is 10.0 Å². The molecule has 1 N–H and O–H groups in total. The van der Waals surface area contributed by atoms with Crippen molar-refractivity contribution in [2.45, 2.75) is 18.6 Å². The number of sulfonamides is 1. The lowest BCUT2D eigenvalue weighted by atomic mass is 10.4. The summed E-state index contributed by atoms with van der Waals surface area (Å²) in [7, 11) is -3.68. The van der Waals surface area contributed by atoms with Gasteiger partial charge in [-0.15, -0.1) is 0 Å². The van der Waals surface area contributed by atoms with Crippen molar-refractivity contribution in [2.75, 3.05) is 4.72 Å². The molecule has 14 heavy (non-hydrogen) atoms. The largest absolute Gasteiger partial charge is 0.363 e. The van der Waals surface area contributed by atoms with E-state index in [2.05, 4.69) is 14.4 Å². The minimum Gasteiger partial charge on any atom is -0.363 e. The molecule has 0 aliphatic heterocycles. The highest BCUT2D eigenvalue weighted by molar-refractivity contribution is 7.93. The standard InChI is InChI=1S/C7H9N3O3S/c1-2-6(5-8)14(11,12)10-7-3-4-13-9-7/h3-4,6H,2H2,1H3,(H,9,10). The summed E-state index contributed by atoms with van der Waals surface area (Å²) in [4.78, 5) is 0. The summed E-state index contributed by atoms with van der Waals surface area (Å²) in [6.45, 7) is 1.62. The van der Waals surface area contributed by atoms with E-state index in [1.165, 1.54) is 12.3 Å². The van der Waals surface area contributed by atoms with Gasteiger partial charge in [-0.3, -0.25) is 4.72 Å². The zero-order valence-corrected chi connectivity index (χ0v) is 8.28. The Kier molecular flexibility index (Phi) is 3.09. The molecule has 0 aliphatic carbocycles. The smallest absolute Gasteiger partial charge is 0.250 e. The second-order valence-electron chi connectivity index (χ2n) is 2.56. The van der Waals surface area contributed by atoms with Crippen LogP contribution in [0.5, 0.6) is 0 Å². The molecule has 1 heterocycles. The molecular formula is C7H9N3O3S. The van der Waals surface area contributed by atoms with Gasteiger partial charge in [-0.1, -0.05) is 12.1 Å². The average Bonchev–Trinajstić information content (AvgIpc) is 2.57. The van der Waals surface area contributed by atoms with Crippen LogP contribution < -0.4 is 4.72 Å². The second kappa shape index (κ2) is 4.11. The molecule has 0 aromatic carbocycles. The number of anilines is 1. The zero-order valence-electron chi connectivity index (χ0n) is 7.47. The van der Waals surface area contributed by atoms with Gasteiger partial charge in [0.15, 0.2) is 11.1 Å². The summed E-state index contributed by atoms with van der Waals surface area (Å²) in [5.41, 5.74) is 0. The molecule has 0 amide bonds. The van der Waals surface area contributed by atoms with Crippen molar-refractivity contribution in [3.8, 4) is 6.07 Å². The van der Waals surface area contributed by atoms with Gasteiger partial charge in [0.1, 0.15) is 6.26 Å². The van der Waals surface area contributed by atoms with Gasteiger partial charge in [-0.25, -0.2) is 8.42 Å². The maximum atomic E-state index is 11.4. The van der Waals surface area contributed by atoms with E-state index in [1.54, 1.807) is 13.0 Å². The third-order valence-electron chi connectivity index (χ3n) is 1.57. The molecule has 0 saturated carbocycles. The highest BCUT2D eigenvalue weighted by atomic mass is 32.2. The Morgan fingerprint density at radius 1 is 1.79 bits per heavy atom. The van der Waals surface area contributed by atoms with Gasteiger partial charge in [-0.2, -0.15) is 5.26 Å². The number of rotatable bonds is 4. The lowest BCUT2D eigenvalue weighted by Gasteiger charge is -2.07. The molecule has 6 nitrogen and oxygen atoms in total. The summed E-state index contributed by atoms with van der Waals surface area (Å²) < 4.78 is 29.5. The molecular weight excluding hydrogens is 206 g/mol. The van der Waals surface area contributed by atoms with E-state index in [0.29, 0.717) is 0 Å². The number of nitrogens with one attached hydrogen (secondary N) is 1. The fourth-order valence-electron chi connectivity index (χ4n) is 0.862.